The number of para-hydroxylation sites is 3. The second-order valence-corrected chi connectivity index (χ2v) is 7.70. The number of hydrogen-bond donors (Lipinski definition) is 0. The maximum absolute atomic E-state index is 12.6. The normalized spacial score (nSPS) is 13.5. The molecule has 3 aromatic rings. The monoisotopic (exact) mass is 474 g/mol. The summed E-state index contributed by atoms with van der Waals surface area (Å²) in [7, 11) is 3.17. The van der Waals surface area contributed by atoms with E-state index in [2.05, 4.69) is 11.1 Å². The Morgan fingerprint density at radius 1 is 1.00 bits per heavy atom. The van der Waals surface area contributed by atoms with E-state index in [1.54, 1.807) is 37.3 Å². The Morgan fingerprint density at radius 2 is 1.66 bits per heavy atom. The van der Waals surface area contributed by atoms with Gasteiger partial charge in [0.15, 0.2) is 18.1 Å². The molecule has 9 nitrogen and oxygen atoms in total. The molecule has 1 aliphatic rings. The van der Waals surface area contributed by atoms with E-state index in [0.29, 0.717) is 49.5 Å². The van der Waals surface area contributed by atoms with E-state index in [4.69, 9.17) is 18.6 Å². The predicted octanol–water partition coefficient (Wildman–Crippen LogP) is 3.46. The van der Waals surface area contributed by atoms with E-state index < -0.39 is 0 Å². The van der Waals surface area contributed by atoms with Gasteiger partial charge in [-0.05, 0) is 24.3 Å². The second kappa shape index (κ2) is 11.1. The molecule has 0 aliphatic carbocycles. The Kier molecular flexibility index (Phi) is 7.53. The van der Waals surface area contributed by atoms with E-state index >= 15 is 0 Å². The third-order valence-corrected chi connectivity index (χ3v) is 5.62. The number of benzene rings is 2. The molecule has 1 saturated heterocycles. The van der Waals surface area contributed by atoms with Crippen molar-refractivity contribution in [3.8, 4) is 23.3 Å². The van der Waals surface area contributed by atoms with Crippen LogP contribution in [0.4, 0.5) is 5.88 Å². The summed E-state index contributed by atoms with van der Waals surface area (Å²) in [5.41, 5.74) is 1.08. The van der Waals surface area contributed by atoms with Crippen LogP contribution < -0.4 is 19.1 Å². The molecule has 4 rings (SSSR count). The maximum Gasteiger partial charge on any atom is 0.260 e. The summed E-state index contributed by atoms with van der Waals surface area (Å²) >= 11 is 0. The molecule has 9 heteroatoms. The number of anilines is 1. The molecule has 0 saturated carbocycles. The van der Waals surface area contributed by atoms with E-state index in [-0.39, 0.29) is 18.2 Å². The van der Waals surface area contributed by atoms with Crippen molar-refractivity contribution in [3.05, 3.63) is 65.7 Å². The van der Waals surface area contributed by atoms with E-state index in [1.165, 1.54) is 0 Å². The number of amides is 1. The first kappa shape index (κ1) is 23.7. The number of carbonyl (C=O) groups excluding carboxylic acids is 1. The Bertz CT molecular complexity index is 1240. The molecule has 1 fully saturated rings. The number of oxazole rings is 1. The first-order valence-corrected chi connectivity index (χ1v) is 11.1. The number of ether oxygens (including phenoxy) is 3. The van der Waals surface area contributed by atoms with Crippen LogP contribution in [0, 0.1) is 11.3 Å². The number of hydrogen-bond acceptors (Lipinski definition) is 8. The van der Waals surface area contributed by atoms with E-state index in [1.807, 2.05) is 47.4 Å². The van der Waals surface area contributed by atoms with Crippen LogP contribution >= 0.6 is 0 Å². The van der Waals surface area contributed by atoms with Gasteiger partial charge in [0.25, 0.3) is 5.91 Å². The molecule has 1 aliphatic heterocycles. The van der Waals surface area contributed by atoms with Crippen LogP contribution in [-0.4, -0.2) is 62.8 Å². The fourth-order valence-electron chi connectivity index (χ4n) is 3.78. The van der Waals surface area contributed by atoms with Gasteiger partial charge in [-0.1, -0.05) is 30.3 Å². The van der Waals surface area contributed by atoms with Crippen molar-refractivity contribution in [2.45, 2.75) is 0 Å². The Labute approximate surface area is 203 Å². The Morgan fingerprint density at radius 3 is 2.34 bits per heavy atom. The van der Waals surface area contributed by atoms with Crippen LogP contribution in [0.15, 0.2) is 52.9 Å². The highest BCUT2D eigenvalue weighted by molar-refractivity contribution is 5.78. The average Bonchev–Trinajstić information content (AvgIpc) is 3.34. The lowest BCUT2D eigenvalue weighted by molar-refractivity contribution is -0.133. The Balaban J connectivity index is 1.36. The van der Waals surface area contributed by atoms with Gasteiger partial charge < -0.3 is 28.4 Å². The molecule has 0 atom stereocenters. The minimum absolute atomic E-state index is 0.0793. The topological polar surface area (TPSA) is 101 Å². The van der Waals surface area contributed by atoms with Crippen molar-refractivity contribution >= 4 is 23.9 Å². The molecule has 0 N–H and O–H groups in total. The summed E-state index contributed by atoms with van der Waals surface area (Å²) in [5.74, 6) is 2.45. The molecule has 2 aromatic carbocycles. The minimum atomic E-state index is -0.117. The van der Waals surface area contributed by atoms with Gasteiger partial charge in [0.05, 0.1) is 14.2 Å². The largest absolute Gasteiger partial charge is 0.496 e. The summed E-state index contributed by atoms with van der Waals surface area (Å²) in [6, 6.07) is 16.9. The molecule has 0 bridgehead atoms. The van der Waals surface area contributed by atoms with Gasteiger partial charge in [-0.25, -0.2) is 0 Å². The number of aromatic nitrogens is 1. The first-order chi connectivity index (χ1) is 17.1. The number of methoxy groups -OCH3 is 2. The third-order valence-electron chi connectivity index (χ3n) is 5.62. The van der Waals surface area contributed by atoms with Gasteiger partial charge in [-0.3, -0.25) is 4.79 Å². The lowest BCUT2D eigenvalue weighted by atomic mass is 10.2. The van der Waals surface area contributed by atoms with Crippen LogP contribution in [0.2, 0.25) is 0 Å². The fraction of sp³-hybridized carbons (Fsp3) is 0.269. The number of piperazine rings is 1. The molecule has 35 heavy (non-hydrogen) atoms. The third kappa shape index (κ3) is 5.55. The van der Waals surface area contributed by atoms with Gasteiger partial charge in [0, 0.05) is 37.8 Å². The van der Waals surface area contributed by atoms with Crippen molar-refractivity contribution in [1.29, 1.82) is 5.26 Å². The van der Waals surface area contributed by atoms with Crippen LogP contribution in [0.25, 0.3) is 12.2 Å². The molecule has 1 aromatic heterocycles. The van der Waals surface area contributed by atoms with Gasteiger partial charge >= 0.3 is 0 Å². The van der Waals surface area contributed by atoms with Gasteiger partial charge in [0.1, 0.15) is 11.8 Å². The predicted molar refractivity (Wildman–Crippen MR) is 130 cm³/mol. The second-order valence-electron chi connectivity index (χ2n) is 7.70. The molecular weight excluding hydrogens is 448 g/mol. The van der Waals surface area contributed by atoms with E-state index in [0.717, 1.165) is 11.3 Å². The van der Waals surface area contributed by atoms with Crippen LogP contribution in [0.1, 0.15) is 17.1 Å². The lowest BCUT2D eigenvalue weighted by Gasteiger charge is -2.34. The zero-order valence-corrected chi connectivity index (χ0v) is 19.6. The maximum atomic E-state index is 12.6. The van der Waals surface area contributed by atoms with Crippen molar-refractivity contribution in [3.63, 3.8) is 0 Å². The molecule has 180 valence electrons. The SMILES string of the molecule is COc1ccccc1/C=C/c1nc(C#N)c(N2CCN(C(=O)COc3ccccc3OC)CC2)o1. The van der Waals surface area contributed by atoms with Crippen molar-refractivity contribution in [1.82, 2.24) is 9.88 Å². The summed E-state index contributed by atoms with van der Waals surface area (Å²) in [6.45, 7) is 1.90. The molecular formula is C26H26N4O5. The van der Waals surface area contributed by atoms with Crippen LogP contribution in [0.5, 0.6) is 17.2 Å². The zero-order valence-electron chi connectivity index (χ0n) is 19.6. The highest BCUT2D eigenvalue weighted by Crippen LogP contribution is 2.27. The van der Waals surface area contributed by atoms with Crippen LogP contribution in [-0.2, 0) is 4.79 Å². The number of rotatable bonds is 8. The lowest BCUT2D eigenvalue weighted by Crippen LogP contribution is -2.50. The molecule has 2 heterocycles. The summed E-state index contributed by atoms with van der Waals surface area (Å²) in [4.78, 5) is 20.6. The number of nitrogens with zero attached hydrogens (tertiary/aromatic N) is 4. The number of nitriles is 1. The first-order valence-electron chi connectivity index (χ1n) is 11.1. The Hall–Kier alpha value is -4.45. The van der Waals surface area contributed by atoms with Crippen molar-refractivity contribution < 1.29 is 23.4 Å². The average molecular weight is 475 g/mol. The molecule has 1 amide bonds. The quantitative estimate of drug-likeness (QED) is 0.489. The molecule has 0 spiro atoms. The fourth-order valence-corrected chi connectivity index (χ4v) is 3.78. The highest BCUT2D eigenvalue weighted by atomic mass is 16.5. The van der Waals surface area contributed by atoms with Gasteiger partial charge in [0.2, 0.25) is 17.5 Å². The smallest absolute Gasteiger partial charge is 0.260 e. The minimum Gasteiger partial charge on any atom is -0.496 e. The van der Waals surface area contributed by atoms with Gasteiger partial charge in [-0.2, -0.15) is 10.2 Å². The summed E-state index contributed by atoms with van der Waals surface area (Å²) in [5, 5.41) is 9.56. The molecule has 0 unspecified atom stereocenters. The zero-order chi connectivity index (χ0) is 24.6. The van der Waals surface area contributed by atoms with Crippen LogP contribution in [0.3, 0.4) is 0 Å². The summed E-state index contributed by atoms with van der Waals surface area (Å²) in [6.07, 6.45) is 3.53. The standard InChI is InChI=1S/C26H26N4O5/c1-32-21-8-4-3-7-19(21)11-12-24-28-20(17-27)26(35-24)30-15-13-29(14-16-30)25(31)18-34-23-10-6-5-9-22(23)33-2/h3-12H,13-16,18H2,1-2H3/b12-11+. The highest BCUT2D eigenvalue weighted by Gasteiger charge is 2.26. The van der Waals surface area contributed by atoms with Gasteiger partial charge in [-0.15, -0.1) is 0 Å². The number of carbonyl (C=O) groups is 1. The van der Waals surface area contributed by atoms with Crippen molar-refractivity contribution in [2.75, 3.05) is 51.9 Å². The van der Waals surface area contributed by atoms with Crippen molar-refractivity contribution in [2.24, 2.45) is 0 Å². The molecule has 0 radical (unpaired) electrons. The summed E-state index contributed by atoms with van der Waals surface area (Å²) < 4.78 is 22.2. The van der Waals surface area contributed by atoms with E-state index in [9.17, 15) is 10.1 Å².